The molecule has 0 saturated carbocycles. The number of likely N-dealkylation sites (N-methyl/N-ethyl adjacent to an activating group) is 4. The van der Waals surface area contributed by atoms with Gasteiger partial charge in [-0.05, 0) is 123 Å². The molecular weight excluding hydrogens is 1640 g/mol. The molecule has 39 nitrogen and oxygen atoms in total. The molecule has 0 rings (SSSR count). The van der Waals surface area contributed by atoms with E-state index in [0.717, 1.165) is 51.5 Å². The Kier molecular flexibility index (Phi) is 80.5. The Hall–Kier alpha value is -3.39. The standard InChI is InChI=1S/C21H43NO5.C20H41NO4.C15H33NO5.C13H30N2O7.C9H20N2O5.C8H19NO5/c1-5-6-7-8-9-10-11-12-13-14-15-22(19(26)27-20(2,3)4)21(16-23,17-24)18-25;1-5-6-7-8-9-10-11-12-13-14-15-21(18(16-22)17-23)19(24)25-20(2,3)4;1-3-4-5-6-7-8-9-16(2)10-12(18)14(20)15(21)13(19)11-17;1-14(12(5-16,6-17)7-18)3-11(22)4-15(2)13(8-19,9-20)10-21;1-8(2,3)16-7(15)11(10)9(4-12,5-13)6-14;1-9(2)3-5(11)7(13)8(14)6(12)4-10/h23-25H,5-18H2,1-4H3;18,22-23H,5-17H2,1-4H3;12-15,17-21H,3-11H2,1-2H3;11,16-22H,3-10H2,1-2H3;12-14H,4-6,10H2,1-3H3;5-8,10-14H,3-4H2,1-2H3. The lowest BCUT2D eigenvalue weighted by Gasteiger charge is -2.41. The quantitative estimate of drug-likeness (QED) is 0.0120. The van der Waals surface area contributed by atoms with Crippen LogP contribution in [0.15, 0.2) is 0 Å². The number of hydrazine groups is 1. The second-order valence-corrected chi connectivity index (χ2v) is 36.1. The molecule has 0 aliphatic rings. The second-order valence-electron chi connectivity index (χ2n) is 36.1. The fraction of sp³-hybridized carbons (Fsp3) is 0.965. The van der Waals surface area contributed by atoms with Crippen molar-refractivity contribution in [2.45, 2.75) is 350 Å². The number of rotatable bonds is 64. The van der Waals surface area contributed by atoms with Crippen molar-refractivity contribution in [3.63, 3.8) is 0 Å². The van der Waals surface area contributed by atoms with Crippen LogP contribution in [0.3, 0.4) is 0 Å². The molecule has 0 fully saturated rings. The van der Waals surface area contributed by atoms with E-state index in [1.54, 1.807) is 74.6 Å². The van der Waals surface area contributed by atoms with E-state index in [1.807, 2.05) is 32.7 Å². The van der Waals surface area contributed by atoms with Crippen molar-refractivity contribution in [1.29, 1.82) is 0 Å². The smallest absolute Gasteiger partial charge is 0.425 e. The topological polar surface area (TPSA) is 633 Å². The van der Waals surface area contributed by atoms with Crippen LogP contribution in [-0.4, -0.2) is 467 Å². The molecule has 0 bridgehead atoms. The molecule has 3 amide bonds. The molecule has 8 unspecified atom stereocenters. The van der Waals surface area contributed by atoms with Crippen LogP contribution in [-0.2, 0) is 14.2 Å². The fourth-order valence-electron chi connectivity index (χ4n) is 12.0. The Bertz CT molecular complexity index is 2400. The summed E-state index contributed by atoms with van der Waals surface area (Å²) < 4.78 is 15.7. The van der Waals surface area contributed by atoms with Gasteiger partial charge < -0.3 is 157 Å². The van der Waals surface area contributed by atoms with Gasteiger partial charge in [-0.2, -0.15) is 0 Å². The highest BCUT2D eigenvalue weighted by atomic mass is 16.6. The zero-order valence-corrected chi connectivity index (χ0v) is 79.8. The fourth-order valence-corrected chi connectivity index (χ4v) is 12.0. The number of unbranched alkanes of at least 4 members (excludes halogenated alkanes) is 23. The van der Waals surface area contributed by atoms with Crippen LogP contribution in [0.1, 0.15) is 250 Å². The average molecular weight is 1830 g/mol. The monoisotopic (exact) mass is 1830 g/mol. The van der Waals surface area contributed by atoms with Crippen LogP contribution in [0.2, 0.25) is 0 Å². The largest absolute Gasteiger partial charge is 0.444 e. The normalized spacial score (nSPS) is 14.3. The molecular formula is C86H186N8O31. The second kappa shape index (κ2) is 76.1. The summed E-state index contributed by atoms with van der Waals surface area (Å²) in [5.74, 6) is 5.41. The van der Waals surface area contributed by atoms with Crippen molar-refractivity contribution in [1.82, 2.24) is 34.4 Å². The third kappa shape index (κ3) is 60.4. The Balaban J connectivity index is -0.000000344. The molecule has 0 aromatic rings. The van der Waals surface area contributed by atoms with E-state index < -0.39 is 211 Å². The van der Waals surface area contributed by atoms with Gasteiger partial charge in [-0.15, -0.1) is 0 Å². The van der Waals surface area contributed by atoms with E-state index >= 15 is 0 Å². The summed E-state index contributed by atoms with van der Waals surface area (Å²) in [5.41, 5.74) is -7.53. The minimum Gasteiger partial charge on any atom is -0.444 e. The van der Waals surface area contributed by atoms with Gasteiger partial charge in [0.15, 0.2) is 0 Å². The van der Waals surface area contributed by atoms with Crippen molar-refractivity contribution in [2.75, 3.05) is 187 Å². The highest BCUT2D eigenvalue weighted by Gasteiger charge is 2.43. The summed E-state index contributed by atoms with van der Waals surface area (Å²) in [4.78, 5) is 45.5. The van der Waals surface area contributed by atoms with Gasteiger partial charge in [-0.3, -0.25) is 14.7 Å². The molecule has 0 aromatic carbocycles. The number of nitrogens with zero attached hydrogens (tertiary/aromatic N) is 7. The Morgan fingerprint density at radius 2 is 0.552 bits per heavy atom. The minimum absolute atomic E-state index is 0.0321. The van der Waals surface area contributed by atoms with Crippen molar-refractivity contribution in [2.24, 2.45) is 5.84 Å². The van der Waals surface area contributed by atoms with Crippen LogP contribution >= 0.6 is 0 Å². The molecule has 756 valence electrons. The number of β-amino-alcohol motifs (C(OH)–C–C–N with tert-alkyl or cyclic N) is 1. The predicted octanol–water partition coefficient (Wildman–Crippen LogP) is -0.489. The lowest BCUT2D eigenvalue weighted by atomic mass is 9.99. The van der Waals surface area contributed by atoms with E-state index in [1.165, 1.54) is 142 Å². The van der Waals surface area contributed by atoms with Crippen LogP contribution in [0.4, 0.5) is 14.4 Å². The lowest BCUT2D eigenvalue weighted by molar-refractivity contribution is -0.118. The van der Waals surface area contributed by atoms with Crippen molar-refractivity contribution >= 4 is 18.3 Å². The summed E-state index contributed by atoms with van der Waals surface area (Å²) in [6.45, 7) is 16.2. The third-order valence-electron chi connectivity index (χ3n) is 21.0. The summed E-state index contributed by atoms with van der Waals surface area (Å²) in [5, 5.41) is 234. The number of aliphatic hydroxyl groups excluding tert-OH is 25. The number of aliphatic hydroxyl groups is 25. The minimum atomic E-state index is -1.62. The van der Waals surface area contributed by atoms with E-state index in [4.69, 9.17) is 50.7 Å². The number of amides is 3. The first-order chi connectivity index (χ1) is 58.5. The summed E-state index contributed by atoms with van der Waals surface area (Å²) in [6, 6.07) is -0.589. The number of hydrogen-bond acceptors (Lipinski definition) is 36. The molecule has 0 aromatic heterocycles. The number of ether oxygens (including phenoxy) is 3. The Labute approximate surface area is 748 Å². The van der Waals surface area contributed by atoms with Crippen molar-refractivity contribution in [3.8, 4) is 0 Å². The van der Waals surface area contributed by atoms with Crippen LogP contribution in [0.5, 0.6) is 0 Å². The molecule has 0 spiro atoms. The van der Waals surface area contributed by atoms with E-state index in [0.29, 0.717) is 18.1 Å². The van der Waals surface area contributed by atoms with Gasteiger partial charge in [0.25, 0.3) is 0 Å². The average Bonchev–Trinajstić information content (AvgIpc) is 0.823. The predicted molar refractivity (Wildman–Crippen MR) is 479 cm³/mol. The highest BCUT2D eigenvalue weighted by molar-refractivity contribution is 5.70. The molecule has 0 heterocycles. The third-order valence-corrected chi connectivity index (χ3v) is 21.0. The molecule has 8 atom stereocenters. The number of nitrogens with two attached hydrogens (primary N) is 1. The van der Waals surface area contributed by atoms with Gasteiger partial charge >= 0.3 is 18.3 Å². The van der Waals surface area contributed by atoms with Crippen LogP contribution in [0.25, 0.3) is 0 Å². The molecule has 0 saturated heterocycles. The molecule has 125 heavy (non-hydrogen) atoms. The van der Waals surface area contributed by atoms with Gasteiger partial charge in [0.05, 0.1) is 141 Å². The number of carbonyl (C=O) groups excluding carboxylic acids is 3. The lowest BCUT2D eigenvalue weighted by Crippen LogP contribution is -2.63. The van der Waals surface area contributed by atoms with Gasteiger partial charge in [0.2, 0.25) is 0 Å². The van der Waals surface area contributed by atoms with E-state index in [2.05, 4.69) is 20.8 Å². The maximum Gasteiger partial charge on any atom is 0.425 e. The molecule has 0 aliphatic carbocycles. The first kappa shape index (κ1) is 132. The molecule has 27 N–H and O–H groups in total. The zero-order valence-electron chi connectivity index (χ0n) is 79.8. The summed E-state index contributed by atoms with van der Waals surface area (Å²) in [6.07, 6.45) is 16.9. The first-order valence-corrected chi connectivity index (χ1v) is 44.9. The first-order valence-electron chi connectivity index (χ1n) is 44.9. The summed E-state index contributed by atoms with van der Waals surface area (Å²) in [7, 11) is 8.33. The zero-order chi connectivity index (χ0) is 97.8. The van der Waals surface area contributed by atoms with Crippen molar-refractivity contribution in [3.05, 3.63) is 0 Å². The maximum atomic E-state index is 12.5. The molecule has 0 aliphatic heterocycles. The van der Waals surface area contributed by atoms with Crippen LogP contribution in [0, 0.1) is 0 Å². The van der Waals surface area contributed by atoms with Crippen LogP contribution < -0.4 is 5.84 Å². The summed E-state index contributed by atoms with van der Waals surface area (Å²) >= 11 is 0. The Morgan fingerprint density at radius 3 is 0.824 bits per heavy atom. The van der Waals surface area contributed by atoms with E-state index in [9.17, 15) is 111 Å². The number of hydrogen-bond donors (Lipinski definition) is 26. The SMILES string of the molecule is CC(C)(C)OC(=O)N(N)C(CO)(CO)CO.CCCCCCCCCCCCN(C(=O)OC(C)(C)C)C(CO)(CO)CO.CCCCCCCCCCCCN(C(=O)OC(C)(C)C)C(CO)CO.CCCCCCCCN(C)CC(O)C(O)C(O)C(O)CO.CN(C)CC(O)C(O)C(O)C(O)CO.CN(CC(O)CN(C)C(CO)(CO)CO)C(CO)(CO)CO. The molecule has 0 radical (unpaired) electrons. The van der Waals surface area contributed by atoms with Crippen molar-refractivity contribution < 1.29 is 156 Å². The van der Waals surface area contributed by atoms with Gasteiger partial charge in [0.1, 0.15) is 64.5 Å². The Morgan fingerprint density at radius 1 is 0.296 bits per heavy atom. The maximum absolute atomic E-state index is 12.5. The van der Waals surface area contributed by atoms with Gasteiger partial charge in [-0.25, -0.2) is 25.2 Å². The van der Waals surface area contributed by atoms with E-state index in [-0.39, 0.29) is 39.4 Å². The molecule has 39 heteroatoms. The van der Waals surface area contributed by atoms with Gasteiger partial charge in [-0.1, -0.05) is 168 Å². The van der Waals surface area contributed by atoms with Gasteiger partial charge in [0, 0.05) is 39.3 Å². The number of carbonyl (C=O) groups is 3. The highest BCUT2D eigenvalue weighted by Crippen LogP contribution is 2.24.